The van der Waals surface area contributed by atoms with Crippen molar-refractivity contribution >= 4 is 6.16 Å². The molecule has 0 heterocycles. The minimum Gasteiger partial charge on any atom is -0.432 e. The number of carbonyl (C=O) groups excluding carboxylic acids is 1. The molecule has 0 aromatic carbocycles. The highest BCUT2D eigenvalue weighted by Crippen LogP contribution is 2.20. The summed E-state index contributed by atoms with van der Waals surface area (Å²) in [6, 6.07) is 0. The van der Waals surface area contributed by atoms with Crippen LogP contribution in [-0.2, 0) is 19.0 Å². The molecule has 0 bridgehead atoms. The molecule has 8 nitrogen and oxygen atoms in total. The van der Waals surface area contributed by atoms with Crippen molar-refractivity contribution < 1.29 is 28.9 Å². The number of hydrogen-bond donors (Lipinski definition) is 0. The fraction of sp³-hybridized carbons (Fsp3) is 0.917. The maximum atomic E-state index is 11.4. The summed E-state index contributed by atoms with van der Waals surface area (Å²) >= 11 is 0. The lowest BCUT2D eigenvalue weighted by molar-refractivity contribution is -0.768. The zero-order valence-corrected chi connectivity index (χ0v) is 12.6. The Bertz CT molecular complexity index is 317. The van der Waals surface area contributed by atoms with Gasteiger partial charge in [-0.3, -0.25) is 0 Å². The Labute approximate surface area is 118 Å². The monoisotopic (exact) mass is 293 g/mol. The normalized spacial score (nSPS) is 12.9. The number of rotatable bonds is 9. The van der Waals surface area contributed by atoms with Crippen LogP contribution in [0.4, 0.5) is 4.79 Å². The summed E-state index contributed by atoms with van der Waals surface area (Å²) in [5, 5.41) is 9.14. The first-order valence-electron chi connectivity index (χ1n) is 6.39. The Morgan fingerprint density at radius 2 is 1.85 bits per heavy atom. The predicted octanol–water partition coefficient (Wildman–Crippen LogP) is 2.19. The van der Waals surface area contributed by atoms with Gasteiger partial charge in [0.05, 0.1) is 13.2 Å². The average molecular weight is 293 g/mol. The van der Waals surface area contributed by atoms with Gasteiger partial charge in [-0.05, 0) is 26.7 Å². The van der Waals surface area contributed by atoms with E-state index in [-0.39, 0.29) is 25.7 Å². The van der Waals surface area contributed by atoms with E-state index < -0.39 is 22.9 Å². The van der Waals surface area contributed by atoms with Gasteiger partial charge in [-0.1, -0.05) is 13.8 Å². The summed E-state index contributed by atoms with van der Waals surface area (Å²) in [6.45, 7) is 9.14. The molecule has 0 saturated heterocycles. The van der Waals surface area contributed by atoms with Crippen LogP contribution in [0.5, 0.6) is 0 Å². The van der Waals surface area contributed by atoms with Crippen LogP contribution in [0.3, 0.4) is 0 Å². The van der Waals surface area contributed by atoms with Crippen LogP contribution in [0.2, 0.25) is 0 Å². The molecular weight excluding hydrogens is 270 g/mol. The molecule has 8 heteroatoms. The third-order valence-corrected chi connectivity index (χ3v) is 2.80. The lowest BCUT2D eigenvalue weighted by atomic mass is 9.95. The molecule has 0 aliphatic carbocycles. The molecule has 20 heavy (non-hydrogen) atoms. The van der Waals surface area contributed by atoms with Gasteiger partial charge in [0.2, 0.25) is 0 Å². The zero-order chi connectivity index (χ0) is 15.8. The summed E-state index contributed by atoms with van der Waals surface area (Å²) in [5.74, 6) is 0.159. The van der Waals surface area contributed by atoms with E-state index in [0.29, 0.717) is 0 Å². The van der Waals surface area contributed by atoms with Gasteiger partial charge in [-0.15, -0.1) is 10.1 Å². The van der Waals surface area contributed by atoms with E-state index in [0.717, 1.165) is 0 Å². The van der Waals surface area contributed by atoms with Crippen LogP contribution >= 0.6 is 0 Å². The van der Waals surface area contributed by atoms with E-state index in [1.54, 1.807) is 13.8 Å². The van der Waals surface area contributed by atoms with Crippen molar-refractivity contribution in [1.82, 2.24) is 0 Å². The first-order chi connectivity index (χ1) is 9.15. The summed E-state index contributed by atoms with van der Waals surface area (Å²) in [6.07, 6.45) is -1.43. The minimum absolute atomic E-state index is 0.0121. The quantitative estimate of drug-likeness (QED) is 0.278. The molecule has 0 aliphatic heterocycles. The highest BCUT2D eigenvalue weighted by molar-refractivity contribution is 5.60. The van der Waals surface area contributed by atoms with Gasteiger partial charge in [0.1, 0.15) is 18.3 Å². The second-order valence-electron chi connectivity index (χ2n) is 5.17. The SMILES string of the molecule is CC(COCCOC(=O)OC(C)(C)C(C)C)O[N+](=O)[O-]. The molecule has 0 fully saturated rings. The standard InChI is InChI=1S/C12H23NO7/c1-9(2)12(4,5)19-11(14)18-7-6-17-8-10(3)20-13(15)16/h9-10H,6-8H2,1-5H3. The third kappa shape index (κ3) is 8.52. The Morgan fingerprint density at radius 1 is 1.25 bits per heavy atom. The highest BCUT2D eigenvalue weighted by atomic mass is 17.0. The van der Waals surface area contributed by atoms with Gasteiger partial charge in [-0.25, -0.2) is 4.79 Å². The van der Waals surface area contributed by atoms with Gasteiger partial charge >= 0.3 is 6.16 Å². The van der Waals surface area contributed by atoms with Gasteiger partial charge in [0.15, 0.2) is 0 Å². The number of hydrogen-bond acceptors (Lipinski definition) is 7. The van der Waals surface area contributed by atoms with Gasteiger partial charge in [0, 0.05) is 0 Å². The van der Waals surface area contributed by atoms with E-state index in [1.165, 1.54) is 6.92 Å². The smallest absolute Gasteiger partial charge is 0.432 e. The van der Waals surface area contributed by atoms with E-state index in [4.69, 9.17) is 14.2 Å². The van der Waals surface area contributed by atoms with Crippen LogP contribution in [0.25, 0.3) is 0 Å². The Morgan fingerprint density at radius 3 is 2.35 bits per heavy atom. The molecule has 0 radical (unpaired) electrons. The van der Waals surface area contributed by atoms with Crippen molar-refractivity contribution in [1.29, 1.82) is 0 Å². The fourth-order valence-electron chi connectivity index (χ4n) is 0.973. The maximum absolute atomic E-state index is 11.4. The molecule has 1 atom stereocenters. The first-order valence-corrected chi connectivity index (χ1v) is 6.39. The summed E-state index contributed by atoms with van der Waals surface area (Å²) in [4.78, 5) is 25.6. The van der Waals surface area contributed by atoms with Crippen molar-refractivity contribution in [3.05, 3.63) is 10.1 Å². The molecule has 0 N–H and O–H groups in total. The highest BCUT2D eigenvalue weighted by Gasteiger charge is 2.27. The second-order valence-corrected chi connectivity index (χ2v) is 5.17. The largest absolute Gasteiger partial charge is 0.508 e. The van der Waals surface area contributed by atoms with Crippen LogP contribution < -0.4 is 0 Å². The molecule has 118 valence electrons. The van der Waals surface area contributed by atoms with Gasteiger partial charge in [0.25, 0.3) is 5.09 Å². The van der Waals surface area contributed by atoms with Crippen molar-refractivity contribution in [2.75, 3.05) is 19.8 Å². The van der Waals surface area contributed by atoms with Gasteiger partial charge in [-0.2, -0.15) is 0 Å². The van der Waals surface area contributed by atoms with Crippen LogP contribution in [0.1, 0.15) is 34.6 Å². The first kappa shape index (κ1) is 18.4. The lowest BCUT2D eigenvalue weighted by Crippen LogP contribution is -2.34. The van der Waals surface area contributed by atoms with Gasteiger partial charge < -0.3 is 19.0 Å². The molecule has 0 spiro atoms. The van der Waals surface area contributed by atoms with Crippen LogP contribution in [0.15, 0.2) is 0 Å². The Hall–Kier alpha value is -1.57. The summed E-state index contributed by atoms with van der Waals surface area (Å²) in [5.41, 5.74) is -0.605. The molecule has 0 aromatic rings. The second kappa shape index (κ2) is 8.57. The topological polar surface area (TPSA) is 97.1 Å². The number of carbonyl (C=O) groups is 1. The Balaban J connectivity index is 3.70. The minimum atomic E-state index is -0.879. The molecular formula is C12H23NO7. The van der Waals surface area contributed by atoms with Crippen molar-refractivity contribution in [3.8, 4) is 0 Å². The summed E-state index contributed by atoms with van der Waals surface area (Å²) in [7, 11) is 0. The van der Waals surface area contributed by atoms with E-state index in [2.05, 4.69) is 4.84 Å². The molecule has 0 rings (SSSR count). The lowest BCUT2D eigenvalue weighted by Gasteiger charge is -2.28. The Kier molecular flexibility index (Phi) is 7.90. The predicted molar refractivity (Wildman–Crippen MR) is 69.7 cm³/mol. The maximum Gasteiger partial charge on any atom is 0.508 e. The molecule has 1 unspecified atom stereocenters. The average Bonchev–Trinajstić information content (AvgIpc) is 2.26. The van der Waals surface area contributed by atoms with Crippen molar-refractivity contribution in [2.45, 2.75) is 46.3 Å². The van der Waals surface area contributed by atoms with Crippen LogP contribution in [0, 0.1) is 16.0 Å². The molecule has 0 amide bonds. The number of nitrogens with zero attached hydrogens (tertiary/aromatic N) is 1. The summed E-state index contributed by atoms with van der Waals surface area (Å²) < 4.78 is 15.0. The molecule has 0 saturated carbocycles. The third-order valence-electron chi connectivity index (χ3n) is 2.80. The van der Waals surface area contributed by atoms with Crippen molar-refractivity contribution in [2.24, 2.45) is 5.92 Å². The van der Waals surface area contributed by atoms with Crippen molar-refractivity contribution in [3.63, 3.8) is 0 Å². The fourth-order valence-corrected chi connectivity index (χ4v) is 0.973. The van der Waals surface area contributed by atoms with Crippen LogP contribution in [-0.4, -0.2) is 42.8 Å². The zero-order valence-electron chi connectivity index (χ0n) is 12.6. The molecule has 0 aromatic heterocycles. The van der Waals surface area contributed by atoms with E-state index in [9.17, 15) is 14.9 Å². The molecule has 0 aliphatic rings. The van der Waals surface area contributed by atoms with E-state index >= 15 is 0 Å². The number of ether oxygens (including phenoxy) is 3. The van der Waals surface area contributed by atoms with E-state index in [1.807, 2.05) is 13.8 Å².